The molecule has 0 amide bonds. The number of aliphatic hydroxyl groups is 1. The fourth-order valence-electron chi connectivity index (χ4n) is 2.57. The van der Waals surface area contributed by atoms with E-state index >= 15 is 0 Å². The zero-order valence-electron chi connectivity index (χ0n) is 15.6. The van der Waals surface area contributed by atoms with Crippen LogP contribution in [0.4, 0.5) is 57.1 Å². The van der Waals surface area contributed by atoms with Gasteiger partial charge in [0.05, 0.1) is 12.0 Å². The van der Waals surface area contributed by atoms with Crippen molar-refractivity contribution in [1.29, 1.82) is 0 Å². The molecule has 0 bridgehead atoms. The van der Waals surface area contributed by atoms with Crippen LogP contribution in [0.2, 0.25) is 0 Å². The molecule has 1 unspecified atom stereocenters. The molecule has 1 aromatic carbocycles. The lowest BCUT2D eigenvalue weighted by Crippen LogP contribution is -2.70. The van der Waals surface area contributed by atoms with Crippen molar-refractivity contribution in [2.45, 2.75) is 68.1 Å². The van der Waals surface area contributed by atoms with Crippen molar-refractivity contribution in [2.75, 3.05) is 0 Å². The predicted octanol–water partition coefficient (Wildman–Crippen LogP) is 6.59. The molecule has 0 saturated heterocycles. The SMILES string of the molecule is CCc1cccc(C(C)(O)CC(F)(F)C(F)(F)C(F)(F)C(F)(F)C(F)(F)C(F)(F)F)c1. The molecule has 14 heteroatoms. The van der Waals surface area contributed by atoms with Crippen LogP contribution in [-0.4, -0.2) is 40.9 Å². The summed E-state index contributed by atoms with van der Waals surface area (Å²) in [6.45, 7) is 1.98. The maximum Gasteiger partial charge on any atom is 0.460 e. The second-order valence-corrected chi connectivity index (χ2v) is 7.00. The van der Waals surface area contributed by atoms with Crippen molar-refractivity contribution in [3.05, 3.63) is 35.4 Å². The lowest BCUT2D eigenvalue weighted by atomic mass is 9.84. The molecule has 1 rings (SSSR count). The molecule has 0 heterocycles. The summed E-state index contributed by atoms with van der Waals surface area (Å²) in [6.07, 6.45) is -9.92. The Bertz CT molecular complexity index is 780. The Morgan fingerprint density at radius 3 is 1.58 bits per heavy atom. The molecule has 0 aliphatic carbocycles. The van der Waals surface area contributed by atoms with Gasteiger partial charge in [0.1, 0.15) is 0 Å². The van der Waals surface area contributed by atoms with Crippen molar-refractivity contribution in [3.8, 4) is 0 Å². The molecule has 0 radical (unpaired) electrons. The average Bonchev–Trinajstić information content (AvgIpc) is 2.59. The van der Waals surface area contributed by atoms with E-state index in [0.29, 0.717) is 12.5 Å². The van der Waals surface area contributed by atoms with E-state index < -0.39 is 53.4 Å². The number of rotatable bonds is 8. The van der Waals surface area contributed by atoms with Crippen molar-refractivity contribution in [3.63, 3.8) is 0 Å². The molecule has 31 heavy (non-hydrogen) atoms. The van der Waals surface area contributed by atoms with E-state index in [4.69, 9.17) is 0 Å². The summed E-state index contributed by atoms with van der Waals surface area (Å²) < 4.78 is 171. The minimum absolute atomic E-state index is 0.243. The lowest BCUT2D eigenvalue weighted by Gasteiger charge is -2.41. The van der Waals surface area contributed by atoms with Crippen molar-refractivity contribution >= 4 is 0 Å². The smallest absolute Gasteiger partial charge is 0.385 e. The largest absolute Gasteiger partial charge is 0.460 e. The number of hydrogen-bond acceptors (Lipinski definition) is 1. The molecule has 0 saturated carbocycles. The normalized spacial score (nSPS) is 16.9. The predicted molar refractivity (Wildman–Crippen MR) is 80.8 cm³/mol. The van der Waals surface area contributed by atoms with Crippen LogP contribution < -0.4 is 0 Å². The zero-order valence-corrected chi connectivity index (χ0v) is 15.6. The average molecular weight is 482 g/mol. The van der Waals surface area contributed by atoms with Gasteiger partial charge >= 0.3 is 35.8 Å². The molecule has 1 nitrogen and oxygen atoms in total. The Morgan fingerprint density at radius 2 is 1.16 bits per heavy atom. The Hall–Kier alpha value is -1.73. The number of alkyl halides is 13. The molecule has 0 aromatic heterocycles. The first kappa shape index (κ1) is 27.3. The third-order valence-corrected chi connectivity index (χ3v) is 4.52. The quantitative estimate of drug-likeness (QED) is 0.415. The van der Waals surface area contributed by atoms with Crippen LogP contribution >= 0.6 is 0 Å². The standard InChI is InChI=1S/C17H15F13O/c1-3-9-5-4-6-10(7-9)11(2,31)8-12(18,19)13(20,21)14(22,23)15(24,25)16(26,27)17(28,29)30/h4-7,31H,3,8H2,1-2H3. The Kier molecular flexibility index (Phi) is 6.78. The fraction of sp³-hybridized carbons (Fsp3) is 0.647. The van der Waals surface area contributed by atoms with Gasteiger partial charge in [-0.25, -0.2) is 0 Å². The molecule has 0 fully saturated rings. The molecule has 0 spiro atoms. The lowest BCUT2D eigenvalue weighted by molar-refractivity contribution is -0.441. The van der Waals surface area contributed by atoms with Gasteiger partial charge in [-0.2, -0.15) is 57.1 Å². The molecule has 0 aliphatic heterocycles. The first-order valence-corrected chi connectivity index (χ1v) is 8.27. The van der Waals surface area contributed by atoms with Gasteiger partial charge in [0.25, 0.3) is 0 Å². The van der Waals surface area contributed by atoms with Gasteiger partial charge < -0.3 is 5.11 Å². The van der Waals surface area contributed by atoms with Gasteiger partial charge in [0, 0.05) is 0 Å². The topological polar surface area (TPSA) is 20.2 Å². The second-order valence-electron chi connectivity index (χ2n) is 7.00. The fourth-order valence-corrected chi connectivity index (χ4v) is 2.57. The summed E-state index contributed by atoms with van der Waals surface area (Å²) in [5.41, 5.74) is -3.27. The summed E-state index contributed by atoms with van der Waals surface area (Å²) in [5.74, 6) is -37.4. The van der Waals surface area contributed by atoms with E-state index in [0.717, 1.165) is 18.2 Å². The molecule has 1 atom stereocenters. The molecule has 0 aliphatic rings. The van der Waals surface area contributed by atoms with Crippen LogP contribution in [0.5, 0.6) is 0 Å². The summed E-state index contributed by atoms with van der Waals surface area (Å²) in [5, 5.41) is 10.1. The third-order valence-electron chi connectivity index (χ3n) is 4.52. The van der Waals surface area contributed by atoms with Crippen LogP contribution in [0.1, 0.15) is 31.4 Å². The molecule has 1 N–H and O–H groups in total. The first-order valence-electron chi connectivity index (χ1n) is 8.27. The van der Waals surface area contributed by atoms with Crippen LogP contribution in [0.25, 0.3) is 0 Å². The van der Waals surface area contributed by atoms with Crippen LogP contribution in [0, 0.1) is 0 Å². The molecule has 180 valence electrons. The van der Waals surface area contributed by atoms with E-state index in [9.17, 15) is 62.2 Å². The van der Waals surface area contributed by atoms with Crippen molar-refractivity contribution in [2.24, 2.45) is 0 Å². The highest BCUT2D eigenvalue weighted by Crippen LogP contribution is 2.61. The van der Waals surface area contributed by atoms with Gasteiger partial charge in [0.15, 0.2) is 0 Å². The minimum atomic E-state index is -7.96. The van der Waals surface area contributed by atoms with Crippen LogP contribution in [-0.2, 0) is 12.0 Å². The van der Waals surface area contributed by atoms with E-state index in [1.165, 1.54) is 6.07 Å². The molecular formula is C17H15F13O. The second kappa shape index (κ2) is 7.69. The van der Waals surface area contributed by atoms with Gasteiger partial charge in [-0.05, 0) is 24.5 Å². The van der Waals surface area contributed by atoms with E-state index in [1.54, 1.807) is 6.92 Å². The number of hydrogen-bond donors (Lipinski definition) is 1. The third kappa shape index (κ3) is 4.31. The highest BCUT2D eigenvalue weighted by Gasteiger charge is 2.90. The number of halogens is 13. The van der Waals surface area contributed by atoms with E-state index in [-0.39, 0.29) is 6.42 Å². The number of benzene rings is 1. The highest BCUT2D eigenvalue weighted by atomic mass is 19.4. The minimum Gasteiger partial charge on any atom is -0.385 e. The Labute approximate surface area is 166 Å². The maximum atomic E-state index is 14.0. The van der Waals surface area contributed by atoms with Crippen LogP contribution in [0.3, 0.4) is 0 Å². The van der Waals surface area contributed by atoms with Gasteiger partial charge in [-0.3, -0.25) is 0 Å². The van der Waals surface area contributed by atoms with Crippen molar-refractivity contribution in [1.82, 2.24) is 0 Å². The van der Waals surface area contributed by atoms with Gasteiger partial charge in [0.2, 0.25) is 0 Å². The monoisotopic (exact) mass is 482 g/mol. The summed E-state index contributed by atoms with van der Waals surface area (Å²) in [4.78, 5) is 0. The summed E-state index contributed by atoms with van der Waals surface area (Å²) >= 11 is 0. The van der Waals surface area contributed by atoms with E-state index in [1.807, 2.05) is 0 Å². The van der Waals surface area contributed by atoms with Crippen LogP contribution in [0.15, 0.2) is 24.3 Å². The first-order chi connectivity index (χ1) is 13.5. The molecule has 1 aromatic rings. The highest BCUT2D eigenvalue weighted by molar-refractivity contribution is 5.28. The summed E-state index contributed by atoms with van der Waals surface area (Å²) in [6, 6.07) is 4.46. The Morgan fingerprint density at radius 1 is 0.710 bits per heavy atom. The van der Waals surface area contributed by atoms with E-state index in [2.05, 4.69) is 0 Å². The maximum absolute atomic E-state index is 14.0. The van der Waals surface area contributed by atoms with Crippen molar-refractivity contribution < 1.29 is 62.2 Å². The Balaban J connectivity index is 3.45. The summed E-state index contributed by atoms with van der Waals surface area (Å²) in [7, 11) is 0. The number of aryl methyl sites for hydroxylation is 1. The van der Waals surface area contributed by atoms with Gasteiger partial charge in [-0.15, -0.1) is 0 Å². The molecular weight excluding hydrogens is 467 g/mol. The zero-order chi connectivity index (χ0) is 24.9. The van der Waals surface area contributed by atoms with Gasteiger partial charge in [-0.1, -0.05) is 31.2 Å².